The fourth-order valence-corrected chi connectivity index (χ4v) is 2.84. The summed E-state index contributed by atoms with van der Waals surface area (Å²) in [6.45, 7) is 9.73. The maximum atomic E-state index is 8.66. The van der Waals surface area contributed by atoms with Crippen LogP contribution < -0.4 is 5.32 Å². The molecule has 0 saturated carbocycles. The molecule has 18 heavy (non-hydrogen) atoms. The molecule has 0 aromatic heterocycles. The number of morpholine rings is 1. The van der Waals surface area contributed by atoms with E-state index in [-0.39, 0.29) is 0 Å². The van der Waals surface area contributed by atoms with Gasteiger partial charge in [-0.15, -0.1) is 0 Å². The third kappa shape index (κ3) is 6.95. The van der Waals surface area contributed by atoms with E-state index in [1.165, 1.54) is 0 Å². The molecule has 1 unspecified atom stereocenters. The van der Waals surface area contributed by atoms with Crippen LogP contribution in [0.5, 0.6) is 0 Å². The van der Waals surface area contributed by atoms with Crippen LogP contribution in [0.4, 0.5) is 0 Å². The van der Waals surface area contributed by atoms with Crippen LogP contribution in [0.15, 0.2) is 0 Å². The first-order valence-electron chi connectivity index (χ1n) is 6.99. The van der Waals surface area contributed by atoms with Gasteiger partial charge in [-0.2, -0.15) is 11.8 Å². The van der Waals surface area contributed by atoms with Crippen LogP contribution in [0.1, 0.15) is 20.3 Å². The smallest absolute Gasteiger partial charge is 0.0826 e. The Labute approximate surface area is 115 Å². The van der Waals surface area contributed by atoms with Gasteiger partial charge in [0, 0.05) is 44.6 Å². The van der Waals surface area contributed by atoms with Gasteiger partial charge in [-0.3, -0.25) is 4.90 Å². The number of nitrogens with one attached hydrogen (secondary N) is 1. The second-order valence-electron chi connectivity index (χ2n) is 4.98. The van der Waals surface area contributed by atoms with E-state index in [4.69, 9.17) is 9.84 Å². The minimum Gasteiger partial charge on any atom is -0.396 e. The summed E-state index contributed by atoms with van der Waals surface area (Å²) in [4.78, 5) is 2.48. The summed E-state index contributed by atoms with van der Waals surface area (Å²) in [7, 11) is 0. The van der Waals surface area contributed by atoms with Gasteiger partial charge in [0.1, 0.15) is 0 Å². The molecule has 1 saturated heterocycles. The highest BCUT2D eigenvalue weighted by Crippen LogP contribution is 2.08. The Morgan fingerprint density at radius 2 is 2.28 bits per heavy atom. The van der Waals surface area contributed by atoms with Gasteiger partial charge in [0.2, 0.25) is 0 Å². The Bertz CT molecular complexity index is 205. The molecule has 0 spiro atoms. The number of aliphatic hydroxyl groups excluding tert-OH is 1. The second kappa shape index (κ2) is 10.0. The van der Waals surface area contributed by atoms with Gasteiger partial charge in [-0.1, -0.05) is 0 Å². The summed E-state index contributed by atoms with van der Waals surface area (Å²) in [6.07, 6.45) is 1.24. The van der Waals surface area contributed by atoms with Gasteiger partial charge in [-0.05, 0) is 26.0 Å². The Balaban J connectivity index is 1.98. The predicted molar refractivity (Wildman–Crippen MR) is 78.3 cm³/mol. The molecule has 5 heteroatoms. The maximum Gasteiger partial charge on any atom is 0.0826 e. The zero-order chi connectivity index (χ0) is 13.2. The van der Waals surface area contributed by atoms with Crippen LogP contribution in [0.25, 0.3) is 0 Å². The van der Waals surface area contributed by atoms with Gasteiger partial charge in [0.25, 0.3) is 0 Å². The molecule has 108 valence electrons. The predicted octanol–water partition coefficient (Wildman–Crippen LogP) is 0.801. The third-order valence-corrected chi connectivity index (χ3v) is 4.21. The van der Waals surface area contributed by atoms with Crippen molar-refractivity contribution in [2.24, 2.45) is 0 Å². The Kier molecular flexibility index (Phi) is 9.06. The van der Waals surface area contributed by atoms with Crippen LogP contribution in [0.3, 0.4) is 0 Å². The molecule has 0 radical (unpaired) electrons. The van der Waals surface area contributed by atoms with Gasteiger partial charge in [-0.25, -0.2) is 0 Å². The van der Waals surface area contributed by atoms with E-state index in [0.717, 1.165) is 50.7 Å². The third-order valence-electron chi connectivity index (χ3n) is 3.14. The quantitative estimate of drug-likeness (QED) is 0.610. The minimum absolute atomic E-state index is 0.307. The first kappa shape index (κ1) is 16.2. The van der Waals surface area contributed by atoms with E-state index in [1.54, 1.807) is 0 Å². The highest BCUT2D eigenvalue weighted by molar-refractivity contribution is 7.99. The van der Waals surface area contributed by atoms with E-state index in [1.807, 2.05) is 11.8 Å². The molecule has 0 aliphatic carbocycles. The maximum absolute atomic E-state index is 8.66. The molecule has 1 atom stereocenters. The van der Waals surface area contributed by atoms with Gasteiger partial charge in [0.05, 0.1) is 12.7 Å². The van der Waals surface area contributed by atoms with E-state index in [0.29, 0.717) is 18.8 Å². The average molecular weight is 276 g/mol. The lowest BCUT2D eigenvalue weighted by Crippen LogP contribution is -2.49. The van der Waals surface area contributed by atoms with Crippen molar-refractivity contribution < 1.29 is 9.84 Å². The van der Waals surface area contributed by atoms with Crippen molar-refractivity contribution in [3.05, 3.63) is 0 Å². The molecule has 0 aromatic carbocycles. The summed E-state index contributed by atoms with van der Waals surface area (Å²) in [5.74, 6) is 2.17. The molecule has 1 aliphatic heterocycles. The van der Waals surface area contributed by atoms with Crippen LogP contribution in [-0.4, -0.2) is 73.1 Å². The summed E-state index contributed by atoms with van der Waals surface area (Å²) in [6, 6.07) is 0.616. The van der Waals surface area contributed by atoms with Gasteiger partial charge >= 0.3 is 0 Å². The molecule has 1 rings (SSSR count). The summed E-state index contributed by atoms with van der Waals surface area (Å²) >= 11 is 1.90. The summed E-state index contributed by atoms with van der Waals surface area (Å²) in [5, 5.41) is 12.1. The molecule has 1 fully saturated rings. The van der Waals surface area contributed by atoms with Crippen molar-refractivity contribution in [3.8, 4) is 0 Å². The number of ether oxygens (including phenoxy) is 1. The number of nitrogens with zero attached hydrogens (tertiary/aromatic N) is 1. The molecular weight excluding hydrogens is 248 g/mol. The molecule has 2 N–H and O–H groups in total. The standard InChI is InChI=1S/C13H28N2O2S/c1-12(2)15-5-7-17-13(11-15)10-14-4-9-18-8-3-6-16/h12-14,16H,3-11H2,1-2H3. The lowest BCUT2D eigenvalue weighted by Gasteiger charge is -2.35. The van der Waals surface area contributed by atoms with Crippen LogP contribution in [-0.2, 0) is 4.74 Å². The molecule has 1 heterocycles. The average Bonchev–Trinajstić information content (AvgIpc) is 2.38. The Morgan fingerprint density at radius 1 is 1.44 bits per heavy atom. The molecule has 4 nitrogen and oxygen atoms in total. The fourth-order valence-electron chi connectivity index (χ4n) is 2.01. The molecule has 0 bridgehead atoms. The van der Waals surface area contributed by atoms with E-state index < -0.39 is 0 Å². The van der Waals surface area contributed by atoms with E-state index in [2.05, 4.69) is 24.1 Å². The lowest BCUT2D eigenvalue weighted by molar-refractivity contribution is -0.0368. The highest BCUT2D eigenvalue weighted by Gasteiger charge is 2.21. The van der Waals surface area contributed by atoms with E-state index in [9.17, 15) is 0 Å². The number of hydrogen-bond acceptors (Lipinski definition) is 5. The fraction of sp³-hybridized carbons (Fsp3) is 1.00. The van der Waals surface area contributed by atoms with Crippen LogP contribution in [0, 0.1) is 0 Å². The van der Waals surface area contributed by atoms with Crippen molar-refractivity contribution >= 4 is 11.8 Å². The number of thioether (sulfide) groups is 1. The van der Waals surface area contributed by atoms with Crippen molar-refractivity contribution in [3.63, 3.8) is 0 Å². The lowest BCUT2D eigenvalue weighted by atomic mass is 10.2. The molecule has 1 aliphatic rings. The Morgan fingerprint density at radius 3 is 3.00 bits per heavy atom. The topological polar surface area (TPSA) is 44.7 Å². The molecule has 0 aromatic rings. The highest BCUT2D eigenvalue weighted by atomic mass is 32.2. The van der Waals surface area contributed by atoms with E-state index >= 15 is 0 Å². The van der Waals surface area contributed by atoms with Crippen LogP contribution >= 0.6 is 11.8 Å². The zero-order valence-corrected chi connectivity index (χ0v) is 12.5. The summed E-state index contributed by atoms with van der Waals surface area (Å²) in [5.41, 5.74) is 0. The Hall–Kier alpha value is 0.190. The van der Waals surface area contributed by atoms with Crippen molar-refractivity contribution in [1.29, 1.82) is 0 Å². The normalized spacial score (nSPS) is 21.7. The number of rotatable bonds is 9. The van der Waals surface area contributed by atoms with Gasteiger partial charge in [0.15, 0.2) is 0 Å². The van der Waals surface area contributed by atoms with Crippen molar-refractivity contribution in [1.82, 2.24) is 10.2 Å². The first-order valence-corrected chi connectivity index (χ1v) is 8.14. The number of aliphatic hydroxyl groups is 1. The zero-order valence-electron chi connectivity index (χ0n) is 11.7. The SMILES string of the molecule is CC(C)N1CCOC(CNCCSCCCO)C1. The minimum atomic E-state index is 0.307. The van der Waals surface area contributed by atoms with Gasteiger partial charge < -0.3 is 15.2 Å². The van der Waals surface area contributed by atoms with Crippen molar-refractivity contribution in [2.75, 3.05) is 50.9 Å². The monoisotopic (exact) mass is 276 g/mol. The number of hydrogen-bond donors (Lipinski definition) is 2. The molecular formula is C13H28N2O2S. The van der Waals surface area contributed by atoms with Crippen molar-refractivity contribution in [2.45, 2.75) is 32.4 Å². The van der Waals surface area contributed by atoms with Crippen LogP contribution in [0.2, 0.25) is 0 Å². The second-order valence-corrected chi connectivity index (χ2v) is 6.20. The summed E-state index contributed by atoms with van der Waals surface area (Å²) < 4.78 is 5.76. The first-order chi connectivity index (χ1) is 8.74. The molecule has 0 amide bonds. The largest absolute Gasteiger partial charge is 0.396 e.